The topological polar surface area (TPSA) is 39.9 Å². The summed E-state index contributed by atoms with van der Waals surface area (Å²) < 4.78 is 0. The van der Waals surface area contributed by atoms with Crippen LogP contribution in [-0.4, -0.2) is 30.0 Å². The highest BCUT2D eigenvalue weighted by molar-refractivity contribution is 7.09. The maximum atomic E-state index is 9.36. The molecule has 0 aromatic carbocycles. The molecule has 3 rings (SSSR count). The van der Waals surface area contributed by atoms with Crippen molar-refractivity contribution in [3.05, 3.63) is 16.1 Å². The lowest BCUT2D eigenvalue weighted by atomic mass is 9.70. The lowest BCUT2D eigenvalue weighted by molar-refractivity contribution is 0.248. The zero-order chi connectivity index (χ0) is 12.6. The molecule has 96 valence electrons. The van der Waals surface area contributed by atoms with E-state index in [2.05, 4.69) is 23.4 Å². The highest BCUT2D eigenvalue weighted by Gasteiger charge is 2.42. The minimum absolute atomic E-state index is 0.233. The number of thiazole rings is 1. The van der Waals surface area contributed by atoms with E-state index in [4.69, 9.17) is 4.98 Å². The van der Waals surface area contributed by atoms with E-state index in [1.165, 1.54) is 31.5 Å². The Morgan fingerprint density at radius 3 is 2.94 bits per heavy atom. The van der Waals surface area contributed by atoms with Gasteiger partial charge in [0.05, 0.1) is 11.8 Å². The summed E-state index contributed by atoms with van der Waals surface area (Å²) in [6.45, 7) is 2.32. The summed E-state index contributed by atoms with van der Waals surface area (Å²) in [7, 11) is 2.18. The minimum atomic E-state index is -0.233. The quantitative estimate of drug-likeness (QED) is 0.822. The first-order valence-corrected chi connectivity index (χ1v) is 7.67. The summed E-state index contributed by atoms with van der Waals surface area (Å²) in [5, 5.41) is 12.6. The lowest BCUT2D eigenvalue weighted by Crippen LogP contribution is -2.33. The fourth-order valence-electron chi connectivity index (χ4n) is 3.01. The molecule has 1 aliphatic heterocycles. The molecule has 1 aliphatic carbocycles. The lowest BCUT2D eigenvalue weighted by Gasteiger charge is -2.33. The van der Waals surface area contributed by atoms with Gasteiger partial charge >= 0.3 is 0 Å². The highest BCUT2D eigenvalue weighted by Crippen LogP contribution is 2.45. The molecule has 0 N–H and O–H groups in total. The molecule has 1 atom stereocenters. The van der Waals surface area contributed by atoms with Crippen molar-refractivity contribution in [1.82, 2.24) is 9.88 Å². The second-order valence-electron chi connectivity index (χ2n) is 5.73. The third kappa shape index (κ3) is 1.96. The van der Waals surface area contributed by atoms with E-state index in [9.17, 15) is 5.26 Å². The SMILES string of the molecule is CN1CCCC(c2csc(C3(C#N)CCC3)n2)C1. The normalized spacial score (nSPS) is 27.4. The molecular weight excluding hydrogens is 242 g/mol. The number of rotatable bonds is 2. The van der Waals surface area contributed by atoms with Crippen LogP contribution in [-0.2, 0) is 5.41 Å². The van der Waals surface area contributed by atoms with Gasteiger partial charge in [-0.15, -0.1) is 11.3 Å². The average molecular weight is 261 g/mol. The third-order valence-electron chi connectivity index (χ3n) is 4.40. The Kier molecular flexibility index (Phi) is 3.13. The summed E-state index contributed by atoms with van der Waals surface area (Å²) in [5.74, 6) is 0.574. The van der Waals surface area contributed by atoms with E-state index < -0.39 is 0 Å². The zero-order valence-electron chi connectivity index (χ0n) is 10.9. The number of likely N-dealkylation sites (tertiary alicyclic amines) is 1. The Morgan fingerprint density at radius 2 is 2.33 bits per heavy atom. The third-order valence-corrected chi connectivity index (χ3v) is 5.46. The monoisotopic (exact) mass is 261 g/mol. The van der Waals surface area contributed by atoms with Crippen LogP contribution in [0, 0.1) is 11.3 Å². The van der Waals surface area contributed by atoms with Gasteiger partial charge in [-0.3, -0.25) is 0 Å². The number of nitrogens with zero attached hydrogens (tertiary/aromatic N) is 3. The van der Waals surface area contributed by atoms with Crippen molar-refractivity contribution in [3.63, 3.8) is 0 Å². The Bertz CT molecular complexity index is 470. The smallest absolute Gasteiger partial charge is 0.113 e. The molecule has 0 amide bonds. The number of piperidine rings is 1. The molecule has 4 heteroatoms. The summed E-state index contributed by atoms with van der Waals surface area (Å²) in [5.41, 5.74) is 0.992. The van der Waals surface area contributed by atoms with Crippen LogP contribution >= 0.6 is 11.3 Å². The van der Waals surface area contributed by atoms with Crippen LogP contribution in [0.1, 0.15) is 48.7 Å². The van der Waals surface area contributed by atoms with Gasteiger partial charge in [0, 0.05) is 17.8 Å². The van der Waals surface area contributed by atoms with Crippen molar-refractivity contribution >= 4 is 11.3 Å². The van der Waals surface area contributed by atoms with Crippen LogP contribution in [0.5, 0.6) is 0 Å². The van der Waals surface area contributed by atoms with Crippen LogP contribution in [0.2, 0.25) is 0 Å². The van der Waals surface area contributed by atoms with Crippen LogP contribution < -0.4 is 0 Å². The second kappa shape index (κ2) is 4.64. The van der Waals surface area contributed by atoms with E-state index in [1.807, 2.05) is 0 Å². The van der Waals surface area contributed by atoms with Crippen LogP contribution in [0.4, 0.5) is 0 Å². The molecule has 1 unspecified atom stereocenters. The van der Waals surface area contributed by atoms with Crippen molar-refractivity contribution in [3.8, 4) is 6.07 Å². The molecule has 3 nitrogen and oxygen atoms in total. The number of hydrogen-bond donors (Lipinski definition) is 0. The predicted molar refractivity (Wildman–Crippen MR) is 72.7 cm³/mol. The van der Waals surface area contributed by atoms with Crippen molar-refractivity contribution in [2.75, 3.05) is 20.1 Å². The molecule has 1 aromatic rings. The van der Waals surface area contributed by atoms with E-state index in [0.29, 0.717) is 5.92 Å². The summed E-state index contributed by atoms with van der Waals surface area (Å²) in [4.78, 5) is 7.19. The molecule has 2 heterocycles. The molecule has 18 heavy (non-hydrogen) atoms. The summed E-state index contributed by atoms with van der Waals surface area (Å²) >= 11 is 1.70. The standard InChI is InChI=1S/C14H19N3S/c1-17-7-2-4-11(8-17)12-9-18-13(16-12)14(10-15)5-3-6-14/h9,11H,2-8H2,1H3. The predicted octanol–water partition coefficient (Wildman–Crippen LogP) is 2.90. The highest BCUT2D eigenvalue weighted by atomic mass is 32.1. The summed E-state index contributed by atoms with van der Waals surface area (Å²) in [6, 6.07) is 2.49. The van der Waals surface area contributed by atoms with Crippen molar-refractivity contribution < 1.29 is 0 Å². The molecule has 0 radical (unpaired) electrons. The van der Waals surface area contributed by atoms with E-state index in [-0.39, 0.29) is 5.41 Å². The Labute approximate surface area is 112 Å². The van der Waals surface area contributed by atoms with E-state index in [1.54, 1.807) is 11.3 Å². The van der Waals surface area contributed by atoms with Crippen LogP contribution in [0.25, 0.3) is 0 Å². The maximum Gasteiger partial charge on any atom is 0.113 e. The van der Waals surface area contributed by atoms with Crippen molar-refractivity contribution in [1.29, 1.82) is 5.26 Å². The minimum Gasteiger partial charge on any atom is -0.306 e. The maximum absolute atomic E-state index is 9.36. The fraction of sp³-hybridized carbons (Fsp3) is 0.714. The number of nitriles is 1. The van der Waals surface area contributed by atoms with E-state index in [0.717, 1.165) is 24.4 Å². The number of aromatic nitrogens is 1. The molecule has 2 aliphatic rings. The summed E-state index contributed by atoms with van der Waals surface area (Å²) in [6.07, 6.45) is 5.68. The second-order valence-corrected chi connectivity index (χ2v) is 6.58. The van der Waals surface area contributed by atoms with Gasteiger partial charge in [0.25, 0.3) is 0 Å². The van der Waals surface area contributed by atoms with Gasteiger partial charge in [-0.05, 0) is 45.7 Å². The zero-order valence-corrected chi connectivity index (χ0v) is 11.7. The first kappa shape index (κ1) is 12.1. The molecule has 1 aromatic heterocycles. The van der Waals surface area contributed by atoms with E-state index >= 15 is 0 Å². The van der Waals surface area contributed by atoms with Gasteiger partial charge in [0.1, 0.15) is 10.4 Å². The average Bonchev–Trinajstić information content (AvgIpc) is 2.78. The molecule has 0 spiro atoms. The van der Waals surface area contributed by atoms with Crippen molar-refractivity contribution in [2.24, 2.45) is 0 Å². The first-order chi connectivity index (χ1) is 8.73. The Hall–Kier alpha value is -0.920. The van der Waals surface area contributed by atoms with Gasteiger partial charge in [-0.2, -0.15) is 5.26 Å². The Balaban J connectivity index is 1.79. The van der Waals surface area contributed by atoms with Gasteiger partial charge in [0.2, 0.25) is 0 Å². The van der Waals surface area contributed by atoms with Gasteiger partial charge < -0.3 is 4.90 Å². The molecule has 1 saturated heterocycles. The van der Waals surface area contributed by atoms with Gasteiger partial charge in [-0.1, -0.05) is 0 Å². The first-order valence-electron chi connectivity index (χ1n) is 6.79. The van der Waals surface area contributed by atoms with Gasteiger partial charge in [-0.25, -0.2) is 4.98 Å². The van der Waals surface area contributed by atoms with Gasteiger partial charge in [0.15, 0.2) is 0 Å². The fourth-order valence-corrected chi connectivity index (χ4v) is 4.12. The molecule has 1 saturated carbocycles. The number of likely N-dealkylation sites (N-methyl/N-ethyl adjacent to an activating group) is 1. The molecular formula is C14H19N3S. The largest absolute Gasteiger partial charge is 0.306 e. The number of hydrogen-bond acceptors (Lipinski definition) is 4. The van der Waals surface area contributed by atoms with Crippen molar-refractivity contribution in [2.45, 2.75) is 43.4 Å². The molecule has 0 bridgehead atoms. The molecule has 2 fully saturated rings. The Morgan fingerprint density at radius 1 is 1.50 bits per heavy atom. The van der Waals surface area contributed by atoms with Crippen LogP contribution in [0.3, 0.4) is 0 Å². The van der Waals surface area contributed by atoms with Crippen LogP contribution in [0.15, 0.2) is 5.38 Å².